The molecule has 1 N–H and O–H groups in total. The highest BCUT2D eigenvalue weighted by Gasteiger charge is 2.10. The predicted molar refractivity (Wildman–Crippen MR) is 86.0 cm³/mol. The minimum absolute atomic E-state index is 0.198. The molecular weight excluding hydrogens is 301 g/mol. The summed E-state index contributed by atoms with van der Waals surface area (Å²) in [7, 11) is -3.18. The van der Waals surface area contributed by atoms with Crippen molar-refractivity contribution in [1.29, 1.82) is 0 Å². The Bertz CT molecular complexity index is 785. The van der Waals surface area contributed by atoms with Crippen molar-refractivity contribution in [3.8, 4) is 0 Å². The lowest BCUT2D eigenvalue weighted by Crippen LogP contribution is -2.13. The second kappa shape index (κ2) is 6.58. The maximum atomic E-state index is 13.2. The van der Waals surface area contributed by atoms with Gasteiger partial charge in [-0.05, 0) is 48.2 Å². The summed E-state index contributed by atoms with van der Waals surface area (Å²) in [5, 5.41) is 3.28. The van der Waals surface area contributed by atoms with Gasteiger partial charge < -0.3 is 5.32 Å². The van der Waals surface area contributed by atoms with Gasteiger partial charge in [0.1, 0.15) is 5.82 Å². The molecule has 2 rings (SSSR count). The zero-order valence-corrected chi connectivity index (χ0v) is 13.8. The van der Waals surface area contributed by atoms with E-state index < -0.39 is 9.84 Å². The van der Waals surface area contributed by atoms with Gasteiger partial charge in [-0.3, -0.25) is 0 Å². The third kappa shape index (κ3) is 4.15. The molecule has 3 nitrogen and oxygen atoms in total. The van der Waals surface area contributed by atoms with E-state index in [4.69, 9.17) is 0 Å². The van der Waals surface area contributed by atoms with Crippen molar-refractivity contribution in [1.82, 2.24) is 5.32 Å². The molecule has 0 heterocycles. The number of hydrogen-bond donors (Lipinski definition) is 1. The molecule has 0 bridgehead atoms. The van der Waals surface area contributed by atoms with E-state index in [9.17, 15) is 12.8 Å². The molecular formula is C17H20FNO2S. The van der Waals surface area contributed by atoms with Gasteiger partial charge in [-0.1, -0.05) is 24.3 Å². The van der Waals surface area contributed by atoms with Crippen LogP contribution in [0.25, 0.3) is 0 Å². The van der Waals surface area contributed by atoms with Crippen LogP contribution in [-0.4, -0.2) is 14.7 Å². The van der Waals surface area contributed by atoms with E-state index in [1.807, 2.05) is 18.2 Å². The second-order valence-electron chi connectivity index (χ2n) is 5.56. The fraction of sp³-hybridized carbons (Fsp3) is 0.294. The minimum atomic E-state index is -3.18. The quantitative estimate of drug-likeness (QED) is 0.920. The van der Waals surface area contributed by atoms with E-state index in [1.54, 1.807) is 26.0 Å². The van der Waals surface area contributed by atoms with Crippen LogP contribution in [0.5, 0.6) is 0 Å². The molecule has 0 spiro atoms. The Labute approximate surface area is 131 Å². The Morgan fingerprint density at radius 3 is 2.00 bits per heavy atom. The number of aryl methyl sites for hydroxylation is 2. The number of rotatable bonds is 5. The van der Waals surface area contributed by atoms with Crippen molar-refractivity contribution in [2.45, 2.75) is 31.8 Å². The first kappa shape index (κ1) is 16.6. The van der Waals surface area contributed by atoms with Gasteiger partial charge in [0.15, 0.2) is 9.84 Å². The first-order chi connectivity index (χ1) is 10.3. The van der Waals surface area contributed by atoms with Crippen LogP contribution < -0.4 is 5.32 Å². The van der Waals surface area contributed by atoms with Crippen molar-refractivity contribution < 1.29 is 12.8 Å². The molecule has 5 heteroatoms. The Morgan fingerprint density at radius 1 is 0.955 bits per heavy atom. The molecule has 0 fully saturated rings. The first-order valence-electron chi connectivity index (χ1n) is 7.02. The van der Waals surface area contributed by atoms with Crippen LogP contribution in [0.15, 0.2) is 41.3 Å². The molecule has 0 aromatic heterocycles. The van der Waals surface area contributed by atoms with Gasteiger partial charge >= 0.3 is 0 Å². The fourth-order valence-electron chi connectivity index (χ4n) is 2.41. The smallest absolute Gasteiger partial charge is 0.175 e. The summed E-state index contributed by atoms with van der Waals surface area (Å²) in [6.45, 7) is 4.80. The highest BCUT2D eigenvalue weighted by molar-refractivity contribution is 7.90. The lowest BCUT2D eigenvalue weighted by Gasteiger charge is -2.09. The van der Waals surface area contributed by atoms with Crippen molar-refractivity contribution in [3.05, 3.63) is 64.5 Å². The summed E-state index contributed by atoms with van der Waals surface area (Å²) < 4.78 is 36.3. The summed E-state index contributed by atoms with van der Waals surface area (Å²) >= 11 is 0. The van der Waals surface area contributed by atoms with Crippen LogP contribution in [0.3, 0.4) is 0 Å². The average Bonchev–Trinajstić information content (AvgIpc) is 2.41. The summed E-state index contributed by atoms with van der Waals surface area (Å²) in [5.74, 6) is -0.198. The predicted octanol–water partition coefficient (Wildman–Crippen LogP) is 3.14. The summed E-state index contributed by atoms with van der Waals surface area (Å²) in [5.41, 5.74) is 3.42. The molecule has 0 atom stereocenters. The lowest BCUT2D eigenvalue weighted by molar-refractivity contribution is 0.601. The number of benzene rings is 2. The van der Waals surface area contributed by atoms with Crippen molar-refractivity contribution >= 4 is 9.84 Å². The van der Waals surface area contributed by atoms with Gasteiger partial charge in [0.25, 0.3) is 0 Å². The van der Waals surface area contributed by atoms with Gasteiger partial charge in [-0.2, -0.15) is 0 Å². The molecule has 0 radical (unpaired) electrons. The first-order valence-corrected chi connectivity index (χ1v) is 8.92. The van der Waals surface area contributed by atoms with E-state index in [-0.39, 0.29) is 5.82 Å². The molecule has 0 unspecified atom stereocenters. The number of nitrogens with one attached hydrogen (secondary N) is 1. The average molecular weight is 321 g/mol. The van der Waals surface area contributed by atoms with E-state index in [0.717, 1.165) is 16.7 Å². The number of hydrogen-bond acceptors (Lipinski definition) is 3. The highest BCUT2D eigenvalue weighted by atomic mass is 32.2. The maximum Gasteiger partial charge on any atom is 0.175 e. The van der Waals surface area contributed by atoms with E-state index in [0.29, 0.717) is 23.5 Å². The maximum absolute atomic E-state index is 13.2. The van der Waals surface area contributed by atoms with Crippen LogP contribution in [0, 0.1) is 19.7 Å². The van der Waals surface area contributed by atoms with Crippen molar-refractivity contribution in [2.24, 2.45) is 0 Å². The van der Waals surface area contributed by atoms with E-state index in [1.165, 1.54) is 12.3 Å². The molecule has 0 aliphatic heterocycles. The normalized spacial score (nSPS) is 11.6. The van der Waals surface area contributed by atoms with Gasteiger partial charge in [0, 0.05) is 19.3 Å². The molecule has 22 heavy (non-hydrogen) atoms. The van der Waals surface area contributed by atoms with Gasteiger partial charge in [-0.25, -0.2) is 12.8 Å². The largest absolute Gasteiger partial charge is 0.309 e. The molecule has 0 saturated carbocycles. The van der Waals surface area contributed by atoms with Crippen LogP contribution >= 0.6 is 0 Å². The summed E-state index contributed by atoms with van der Waals surface area (Å²) in [6.07, 6.45) is 1.21. The Morgan fingerprint density at radius 2 is 1.50 bits per heavy atom. The fourth-order valence-corrected chi connectivity index (χ4v) is 3.36. The SMILES string of the molecule is Cc1cc(CNCc2ccc(S(C)(=O)=O)c(C)c2)ccc1F. The van der Waals surface area contributed by atoms with Gasteiger partial charge in [-0.15, -0.1) is 0 Å². The number of sulfone groups is 1. The summed E-state index contributed by atoms with van der Waals surface area (Å²) in [4.78, 5) is 0.366. The zero-order valence-electron chi connectivity index (χ0n) is 13.0. The Hall–Kier alpha value is -1.72. The van der Waals surface area contributed by atoms with E-state index >= 15 is 0 Å². The van der Waals surface area contributed by atoms with Crippen LogP contribution in [0.2, 0.25) is 0 Å². The lowest BCUT2D eigenvalue weighted by atomic mass is 10.1. The molecule has 0 aliphatic rings. The minimum Gasteiger partial charge on any atom is -0.309 e. The second-order valence-corrected chi connectivity index (χ2v) is 7.54. The summed E-state index contributed by atoms with van der Waals surface area (Å²) in [6, 6.07) is 10.4. The third-order valence-corrected chi connectivity index (χ3v) is 4.78. The molecule has 0 amide bonds. The highest BCUT2D eigenvalue weighted by Crippen LogP contribution is 2.16. The van der Waals surface area contributed by atoms with Crippen molar-refractivity contribution in [3.63, 3.8) is 0 Å². The third-order valence-electron chi connectivity index (χ3n) is 3.52. The molecule has 2 aromatic rings. The monoisotopic (exact) mass is 321 g/mol. The topological polar surface area (TPSA) is 46.2 Å². The molecule has 0 aliphatic carbocycles. The van der Waals surface area contributed by atoms with Gasteiger partial charge in [0.05, 0.1) is 4.90 Å². The number of halogens is 1. The van der Waals surface area contributed by atoms with Crippen molar-refractivity contribution in [2.75, 3.05) is 6.26 Å². The van der Waals surface area contributed by atoms with Gasteiger partial charge in [0.2, 0.25) is 0 Å². The standard InChI is InChI=1S/C17H20FNO2S/c1-12-8-14(4-6-16(12)18)10-19-11-15-5-7-17(13(2)9-15)22(3,20)21/h4-9,19H,10-11H2,1-3H3. The Kier molecular flexibility index (Phi) is 4.98. The van der Waals surface area contributed by atoms with Crippen LogP contribution in [0.4, 0.5) is 4.39 Å². The van der Waals surface area contributed by atoms with Crippen LogP contribution in [0.1, 0.15) is 22.3 Å². The zero-order chi connectivity index (χ0) is 16.3. The Balaban J connectivity index is 2.00. The molecule has 2 aromatic carbocycles. The molecule has 118 valence electrons. The van der Waals surface area contributed by atoms with E-state index in [2.05, 4.69) is 5.32 Å². The molecule has 0 saturated heterocycles. The van der Waals surface area contributed by atoms with Crippen LogP contribution in [-0.2, 0) is 22.9 Å².